The van der Waals surface area contributed by atoms with Gasteiger partial charge in [0.15, 0.2) is 0 Å². The number of amides is 2. The highest BCUT2D eigenvalue weighted by Gasteiger charge is 2.31. The zero-order chi connectivity index (χ0) is 24.0. The molecule has 1 fully saturated rings. The second kappa shape index (κ2) is 11.5. The molecule has 0 spiro atoms. The van der Waals surface area contributed by atoms with E-state index < -0.39 is 5.97 Å². The minimum atomic E-state index is -0.418. The number of hydrogen-bond donors (Lipinski definition) is 1. The van der Waals surface area contributed by atoms with Gasteiger partial charge in [-0.1, -0.05) is 61.3 Å². The Balaban J connectivity index is 1.50. The van der Waals surface area contributed by atoms with Gasteiger partial charge in [0.25, 0.3) is 5.91 Å². The first-order valence-electron chi connectivity index (χ1n) is 10.3. The summed E-state index contributed by atoms with van der Waals surface area (Å²) in [6.07, 6.45) is 3.27. The van der Waals surface area contributed by atoms with E-state index in [-0.39, 0.29) is 18.2 Å². The van der Waals surface area contributed by atoms with Crippen LogP contribution >= 0.6 is 35.3 Å². The molecule has 0 saturated carbocycles. The van der Waals surface area contributed by atoms with Crippen molar-refractivity contribution in [3.8, 4) is 0 Å². The van der Waals surface area contributed by atoms with Crippen LogP contribution in [0.5, 0.6) is 0 Å². The van der Waals surface area contributed by atoms with Gasteiger partial charge in [0.1, 0.15) is 9.33 Å². The molecule has 1 aliphatic heterocycles. The van der Waals surface area contributed by atoms with Crippen molar-refractivity contribution in [1.29, 1.82) is 0 Å². The largest absolute Gasteiger partial charge is 0.465 e. The number of thiocarbonyl (C=S) groups is 1. The van der Waals surface area contributed by atoms with Gasteiger partial charge >= 0.3 is 5.97 Å². The number of thioether (sulfide) groups is 1. The van der Waals surface area contributed by atoms with E-state index in [9.17, 15) is 14.4 Å². The molecule has 3 rings (SSSR count). The van der Waals surface area contributed by atoms with Gasteiger partial charge in [-0.15, -0.1) is 10.2 Å². The maximum Gasteiger partial charge on any atom is 0.337 e. The number of ether oxygens (including phenoxy) is 1. The molecule has 0 radical (unpaired) electrons. The number of benzene rings is 1. The van der Waals surface area contributed by atoms with Crippen LogP contribution in [0.25, 0.3) is 6.08 Å². The standard InChI is InChI=1S/C22H24N4O4S3/c1-13(2)11-18-24-25-21(33-18)23-17(27)5-4-10-26-19(28)16(32-22(26)31)12-14-6-8-15(9-7-14)20(29)30-3/h6-9,12-13H,4-5,10-11H2,1-3H3,(H,23,25,27)/b16-12-. The molecule has 2 amide bonds. The molecule has 8 nitrogen and oxygen atoms in total. The molecule has 1 aromatic carbocycles. The Bertz CT molecular complexity index is 1080. The molecular weight excluding hydrogens is 480 g/mol. The molecule has 0 atom stereocenters. The van der Waals surface area contributed by atoms with Crippen molar-refractivity contribution in [3.63, 3.8) is 0 Å². The average molecular weight is 505 g/mol. The van der Waals surface area contributed by atoms with Gasteiger partial charge in [-0.2, -0.15) is 0 Å². The molecule has 2 aromatic rings. The number of methoxy groups -OCH3 is 1. The van der Waals surface area contributed by atoms with Gasteiger partial charge < -0.3 is 10.1 Å². The predicted octanol–water partition coefficient (Wildman–Crippen LogP) is 4.14. The second-order valence-electron chi connectivity index (χ2n) is 7.70. The molecule has 0 aliphatic carbocycles. The van der Waals surface area contributed by atoms with E-state index in [4.69, 9.17) is 12.2 Å². The number of nitrogens with zero attached hydrogens (tertiary/aromatic N) is 3. The van der Waals surface area contributed by atoms with Crippen molar-refractivity contribution >= 4 is 68.6 Å². The summed E-state index contributed by atoms with van der Waals surface area (Å²) in [5.41, 5.74) is 1.21. The summed E-state index contributed by atoms with van der Waals surface area (Å²) in [5, 5.41) is 12.2. The zero-order valence-electron chi connectivity index (χ0n) is 18.5. The van der Waals surface area contributed by atoms with Crippen molar-refractivity contribution in [3.05, 3.63) is 45.3 Å². The smallest absolute Gasteiger partial charge is 0.337 e. The highest BCUT2D eigenvalue weighted by molar-refractivity contribution is 8.26. The van der Waals surface area contributed by atoms with Crippen LogP contribution in [-0.2, 0) is 20.7 Å². The van der Waals surface area contributed by atoms with Gasteiger partial charge in [0.05, 0.1) is 17.6 Å². The fraction of sp³-hybridized carbons (Fsp3) is 0.364. The number of nitrogens with one attached hydrogen (secondary N) is 1. The molecule has 11 heteroatoms. The Morgan fingerprint density at radius 2 is 1.97 bits per heavy atom. The van der Waals surface area contributed by atoms with Crippen molar-refractivity contribution in [2.45, 2.75) is 33.1 Å². The zero-order valence-corrected chi connectivity index (χ0v) is 20.9. The Kier molecular flexibility index (Phi) is 8.70. The lowest BCUT2D eigenvalue weighted by Crippen LogP contribution is -2.29. The van der Waals surface area contributed by atoms with E-state index in [2.05, 4.69) is 34.1 Å². The molecule has 1 aromatic heterocycles. The van der Waals surface area contributed by atoms with E-state index in [1.54, 1.807) is 30.3 Å². The van der Waals surface area contributed by atoms with Crippen LogP contribution in [0.4, 0.5) is 5.13 Å². The fourth-order valence-corrected chi connectivity index (χ4v) is 5.27. The fourth-order valence-electron chi connectivity index (χ4n) is 2.99. The number of carbonyl (C=O) groups is 3. The SMILES string of the molecule is COC(=O)c1ccc(/C=C2\SC(=S)N(CCCC(=O)Nc3nnc(CC(C)C)s3)C2=O)cc1. The summed E-state index contributed by atoms with van der Waals surface area (Å²) in [6.45, 7) is 4.55. The summed E-state index contributed by atoms with van der Waals surface area (Å²) < 4.78 is 5.14. The Morgan fingerprint density at radius 1 is 1.24 bits per heavy atom. The Labute approximate surface area is 205 Å². The normalized spacial score (nSPS) is 14.9. The van der Waals surface area contributed by atoms with Crippen molar-refractivity contribution in [2.75, 3.05) is 19.0 Å². The quantitative estimate of drug-likeness (QED) is 0.309. The maximum absolute atomic E-state index is 12.8. The number of anilines is 1. The third kappa shape index (κ3) is 6.92. The average Bonchev–Trinajstić information content (AvgIpc) is 3.31. The molecule has 0 bridgehead atoms. The summed E-state index contributed by atoms with van der Waals surface area (Å²) in [6, 6.07) is 6.76. The van der Waals surface area contributed by atoms with E-state index in [1.165, 1.54) is 35.1 Å². The van der Waals surface area contributed by atoms with Crippen molar-refractivity contribution in [2.24, 2.45) is 5.92 Å². The number of rotatable bonds is 9. The van der Waals surface area contributed by atoms with Crippen LogP contribution in [0.15, 0.2) is 29.2 Å². The van der Waals surface area contributed by atoms with Crippen LogP contribution in [-0.4, -0.2) is 50.9 Å². The lowest BCUT2D eigenvalue weighted by atomic mass is 10.1. The van der Waals surface area contributed by atoms with Gasteiger partial charge in [-0.05, 0) is 36.1 Å². The number of esters is 1. The molecule has 1 N–H and O–H groups in total. The second-order valence-corrected chi connectivity index (χ2v) is 10.4. The first-order chi connectivity index (χ1) is 15.8. The number of hydrogen-bond acceptors (Lipinski definition) is 9. The van der Waals surface area contributed by atoms with Crippen molar-refractivity contribution in [1.82, 2.24) is 15.1 Å². The van der Waals surface area contributed by atoms with E-state index >= 15 is 0 Å². The number of aromatic nitrogens is 2. The summed E-state index contributed by atoms with van der Waals surface area (Å²) in [4.78, 5) is 38.5. The highest BCUT2D eigenvalue weighted by Crippen LogP contribution is 2.32. The minimum absolute atomic E-state index is 0.172. The van der Waals surface area contributed by atoms with Gasteiger partial charge in [0, 0.05) is 19.4 Å². The van der Waals surface area contributed by atoms with Crippen LogP contribution in [0.3, 0.4) is 0 Å². The summed E-state index contributed by atoms with van der Waals surface area (Å²) in [7, 11) is 1.32. The minimum Gasteiger partial charge on any atom is -0.465 e. The monoisotopic (exact) mass is 504 g/mol. The lowest BCUT2D eigenvalue weighted by Gasteiger charge is -2.13. The first-order valence-corrected chi connectivity index (χ1v) is 12.4. The Morgan fingerprint density at radius 3 is 2.64 bits per heavy atom. The molecule has 174 valence electrons. The maximum atomic E-state index is 12.8. The summed E-state index contributed by atoms with van der Waals surface area (Å²) >= 11 is 7.95. The van der Waals surface area contributed by atoms with Crippen LogP contribution in [0, 0.1) is 5.92 Å². The molecular formula is C22H24N4O4S3. The predicted molar refractivity (Wildman–Crippen MR) is 134 cm³/mol. The van der Waals surface area contributed by atoms with Crippen LogP contribution in [0.1, 0.15) is 47.6 Å². The number of carbonyl (C=O) groups excluding carboxylic acids is 3. The van der Waals surface area contributed by atoms with E-state index in [0.717, 1.165) is 17.0 Å². The summed E-state index contributed by atoms with van der Waals surface area (Å²) in [5.74, 6) is -0.308. The van der Waals surface area contributed by atoms with Gasteiger partial charge in [-0.3, -0.25) is 14.5 Å². The third-order valence-electron chi connectivity index (χ3n) is 4.58. The van der Waals surface area contributed by atoms with Gasteiger partial charge in [0.2, 0.25) is 11.0 Å². The highest BCUT2D eigenvalue weighted by atomic mass is 32.2. The lowest BCUT2D eigenvalue weighted by molar-refractivity contribution is -0.122. The Hall–Kier alpha value is -2.63. The van der Waals surface area contributed by atoms with Crippen LogP contribution < -0.4 is 5.32 Å². The topological polar surface area (TPSA) is 101 Å². The van der Waals surface area contributed by atoms with Crippen LogP contribution in [0.2, 0.25) is 0 Å². The van der Waals surface area contributed by atoms with E-state index in [1.807, 2.05) is 0 Å². The third-order valence-corrected chi connectivity index (χ3v) is 6.82. The molecule has 1 aliphatic rings. The first kappa shape index (κ1) is 25.0. The van der Waals surface area contributed by atoms with Gasteiger partial charge in [-0.25, -0.2) is 4.79 Å². The molecule has 33 heavy (non-hydrogen) atoms. The van der Waals surface area contributed by atoms with E-state index in [0.29, 0.717) is 38.8 Å². The molecule has 2 heterocycles. The molecule has 0 unspecified atom stereocenters. The van der Waals surface area contributed by atoms with Crippen molar-refractivity contribution < 1.29 is 19.1 Å². The molecule has 1 saturated heterocycles.